The predicted molar refractivity (Wildman–Crippen MR) is 90.3 cm³/mol. The van der Waals surface area contributed by atoms with Crippen molar-refractivity contribution in [2.45, 2.75) is 0 Å². The van der Waals surface area contributed by atoms with Crippen molar-refractivity contribution in [3.8, 4) is 17.1 Å². The monoisotopic (exact) mass is 321 g/mol. The number of benzene rings is 1. The van der Waals surface area contributed by atoms with Crippen LogP contribution in [-0.4, -0.2) is 27.0 Å². The van der Waals surface area contributed by atoms with Gasteiger partial charge in [0.05, 0.1) is 18.7 Å². The molecule has 0 fully saturated rings. The molecule has 0 radical (unpaired) electrons. The zero-order chi connectivity index (χ0) is 16.5. The van der Waals surface area contributed by atoms with E-state index in [-0.39, 0.29) is 0 Å². The van der Waals surface area contributed by atoms with Gasteiger partial charge < -0.3 is 14.6 Å². The Balaban J connectivity index is 1.67. The molecule has 4 aromatic rings. The van der Waals surface area contributed by atoms with Gasteiger partial charge in [-0.3, -0.25) is 4.68 Å². The van der Waals surface area contributed by atoms with Gasteiger partial charge in [0.2, 0.25) is 0 Å². The minimum absolute atomic E-state index is 0.574. The molecule has 7 nitrogen and oxygen atoms in total. The van der Waals surface area contributed by atoms with Crippen molar-refractivity contribution in [1.29, 1.82) is 0 Å². The topological polar surface area (TPSA) is 78.0 Å². The second-order valence-corrected chi connectivity index (χ2v) is 5.28. The van der Waals surface area contributed by atoms with Crippen LogP contribution in [0.3, 0.4) is 0 Å². The molecule has 0 saturated heterocycles. The number of hydrogen-bond acceptors (Lipinski definition) is 6. The molecule has 0 aliphatic heterocycles. The van der Waals surface area contributed by atoms with Gasteiger partial charge in [-0.1, -0.05) is 35.5 Å². The van der Waals surface area contributed by atoms with Crippen molar-refractivity contribution in [1.82, 2.24) is 19.9 Å². The molecule has 1 N–H and O–H groups in total. The first-order valence-corrected chi connectivity index (χ1v) is 7.40. The lowest BCUT2D eigenvalue weighted by Gasteiger charge is -2.06. The van der Waals surface area contributed by atoms with Gasteiger partial charge in [0.1, 0.15) is 11.6 Å². The standard InChI is InChI=1S/C17H15N5O2/c1-22-17-12(10-18-22)14(23-2)9-15(20-17)19-16-8-13(24-21-16)11-6-4-3-5-7-11/h3-10H,1-2H3,(H,19,20,21). The summed E-state index contributed by atoms with van der Waals surface area (Å²) in [5.74, 6) is 2.56. The molecule has 24 heavy (non-hydrogen) atoms. The highest BCUT2D eigenvalue weighted by Gasteiger charge is 2.12. The normalized spacial score (nSPS) is 10.9. The minimum Gasteiger partial charge on any atom is -0.496 e. The van der Waals surface area contributed by atoms with Crippen molar-refractivity contribution in [2.24, 2.45) is 7.05 Å². The number of ether oxygens (including phenoxy) is 1. The first kappa shape index (κ1) is 14.3. The van der Waals surface area contributed by atoms with Crippen LogP contribution in [0.15, 0.2) is 53.2 Å². The number of rotatable bonds is 4. The van der Waals surface area contributed by atoms with Crippen LogP contribution in [0.2, 0.25) is 0 Å². The Labute approximate surface area is 137 Å². The SMILES string of the molecule is COc1cc(Nc2cc(-c3ccccc3)on2)nc2c1cnn2C. The number of hydrogen-bond donors (Lipinski definition) is 1. The number of fused-ring (bicyclic) bond motifs is 1. The predicted octanol–water partition coefficient (Wildman–Crippen LogP) is 3.38. The molecule has 0 saturated carbocycles. The molecule has 0 amide bonds. The lowest BCUT2D eigenvalue weighted by Crippen LogP contribution is -1.98. The zero-order valence-electron chi connectivity index (χ0n) is 13.2. The van der Waals surface area contributed by atoms with Crippen LogP contribution >= 0.6 is 0 Å². The van der Waals surface area contributed by atoms with Gasteiger partial charge >= 0.3 is 0 Å². The Morgan fingerprint density at radius 3 is 2.75 bits per heavy atom. The molecule has 120 valence electrons. The van der Waals surface area contributed by atoms with E-state index in [1.165, 1.54) is 0 Å². The molecule has 0 spiro atoms. The van der Waals surface area contributed by atoms with Crippen molar-refractivity contribution >= 4 is 22.7 Å². The second kappa shape index (κ2) is 5.69. The van der Waals surface area contributed by atoms with E-state index >= 15 is 0 Å². The first-order chi connectivity index (χ1) is 11.7. The lowest BCUT2D eigenvalue weighted by molar-refractivity contribution is 0.419. The summed E-state index contributed by atoms with van der Waals surface area (Å²) in [6, 6.07) is 13.4. The van der Waals surface area contributed by atoms with E-state index in [1.54, 1.807) is 24.1 Å². The van der Waals surface area contributed by atoms with Gasteiger partial charge in [-0.2, -0.15) is 5.10 Å². The van der Waals surface area contributed by atoms with Gasteiger partial charge in [-0.05, 0) is 0 Å². The molecule has 0 aliphatic rings. The van der Waals surface area contributed by atoms with E-state index in [1.807, 2.05) is 43.4 Å². The van der Waals surface area contributed by atoms with Crippen molar-refractivity contribution in [3.63, 3.8) is 0 Å². The maximum Gasteiger partial charge on any atom is 0.175 e. The fraction of sp³-hybridized carbons (Fsp3) is 0.118. The summed E-state index contributed by atoms with van der Waals surface area (Å²) in [5.41, 5.74) is 1.69. The number of pyridine rings is 1. The average molecular weight is 321 g/mol. The third kappa shape index (κ3) is 2.45. The summed E-state index contributed by atoms with van der Waals surface area (Å²) in [5, 5.41) is 12.3. The highest BCUT2D eigenvalue weighted by Crippen LogP contribution is 2.29. The number of nitrogens with one attached hydrogen (secondary N) is 1. The highest BCUT2D eigenvalue weighted by atomic mass is 16.5. The summed E-state index contributed by atoms with van der Waals surface area (Å²) in [6.07, 6.45) is 1.73. The van der Waals surface area contributed by atoms with E-state index in [0.29, 0.717) is 23.1 Å². The molecular weight excluding hydrogens is 306 g/mol. The Kier molecular flexibility index (Phi) is 3.38. The van der Waals surface area contributed by atoms with Gasteiger partial charge in [0.15, 0.2) is 17.2 Å². The molecule has 0 bridgehead atoms. The Hall–Kier alpha value is -3.35. The number of aryl methyl sites for hydroxylation is 1. The maximum absolute atomic E-state index is 5.42. The van der Waals surface area contributed by atoms with Crippen LogP contribution < -0.4 is 10.1 Å². The Bertz CT molecular complexity index is 991. The summed E-state index contributed by atoms with van der Waals surface area (Å²) < 4.78 is 12.5. The van der Waals surface area contributed by atoms with Gasteiger partial charge in [0.25, 0.3) is 0 Å². The van der Waals surface area contributed by atoms with E-state index < -0.39 is 0 Å². The fourth-order valence-corrected chi connectivity index (χ4v) is 2.52. The second-order valence-electron chi connectivity index (χ2n) is 5.28. The molecule has 1 aromatic carbocycles. The van der Waals surface area contributed by atoms with Gasteiger partial charge in [0, 0.05) is 24.7 Å². The van der Waals surface area contributed by atoms with Crippen molar-refractivity contribution in [2.75, 3.05) is 12.4 Å². The summed E-state index contributed by atoms with van der Waals surface area (Å²) in [7, 11) is 3.46. The average Bonchev–Trinajstić information content (AvgIpc) is 3.23. The summed E-state index contributed by atoms with van der Waals surface area (Å²) in [4.78, 5) is 4.55. The van der Waals surface area contributed by atoms with E-state index in [2.05, 4.69) is 20.6 Å². The van der Waals surface area contributed by atoms with Gasteiger partial charge in [-0.25, -0.2) is 4.98 Å². The largest absolute Gasteiger partial charge is 0.496 e. The fourth-order valence-electron chi connectivity index (χ4n) is 2.52. The summed E-state index contributed by atoms with van der Waals surface area (Å²) in [6.45, 7) is 0. The van der Waals surface area contributed by atoms with Crippen LogP contribution in [-0.2, 0) is 7.05 Å². The highest BCUT2D eigenvalue weighted by molar-refractivity contribution is 5.84. The lowest BCUT2D eigenvalue weighted by atomic mass is 10.2. The third-order valence-corrected chi connectivity index (χ3v) is 3.71. The molecule has 3 aromatic heterocycles. The van der Waals surface area contributed by atoms with Gasteiger partial charge in [-0.15, -0.1) is 0 Å². The number of nitrogens with zero attached hydrogens (tertiary/aromatic N) is 4. The van der Waals surface area contributed by atoms with Crippen LogP contribution in [0.1, 0.15) is 0 Å². The van der Waals surface area contributed by atoms with Crippen LogP contribution in [0.5, 0.6) is 5.75 Å². The van der Waals surface area contributed by atoms with E-state index in [4.69, 9.17) is 9.26 Å². The number of aromatic nitrogens is 4. The molecule has 0 atom stereocenters. The molecular formula is C17H15N5O2. The van der Waals surface area contributed by atoms with Crippen LogP contribution in [0.25, 0.3) is 22.4 Å². The van der Waals surface area contributed by atoms with Crippen LogP contribution in [0.4, 0.5) is 11.6 Å². The molecule has 4 rings (SSSR count). The quantitative estimate of drug-likeness (QED) is 0.621. The minimum atomic E-state index is 0.574. The summed E-state index contributed by atoms with van der Waals surface area (Å²) >= 11 is 0. The molecule has 7 heteroatoms. The van der Waals surface area contributed by atoms with Crippen LogP contribution in [0, 0.1) is 0 Å². The molecule has 0 unspecified atom stereocenters. The molecule has 3 heterocycles. The van der Waals surface area contributed by atoms with Crippen molar-refractivity contribution in [3.05, 3.63) is 48.7 Å². The molecule has 0 aliphatic carbocycles. The van der Waals surface area contributed by atoms with E-state index in [0.717, 1.165) is 16.6 Å². The number of methoxy groups -OCH3 is 1. The number of anilines is 2. The maximum atomic E-state index is 5.42. The Morgan fingerprint density at radius 2 is 1.96 bits per heavy atom. The van der Waals surface area contributed by atoms with Crippen molar-refractivity contribution < 1.29 is 9.26 Å². The Morgan fingerprint density at radius 1 is 1.12 bits per heavy atom. The smallest absolute Gasteiger partial charge is 0.175 e. The zero-order valence-corrected chi connectivity index (χ0v) is 13.2. The third-order valence-electron chi connectivity index (χ3n) is 3.71. The van der Waals surface area contributed by atoms with E-state index in [9.17, 15) is 0 Å². The first-order valence-electron chi connectivity index (χ1n) is 7.40.